The molecule has 38 heavy (non-hydrogen) atoms. The summed E-state index contributed by atoms with van der Waals surface area (Å²) in [5.74, 6) is 0.975. The molecular weight excluding hydrogens is 506 g/mol. The van der Waals surface area contributed by atoms with Gasteiger partial charge in [-0.1, -0.05) is 50.7 Å². The number of thioether (sulfide) groups is 1. The van der Waals surface area contributed by atoms with E-state index in [1.807, 2.05) is 11.8 Å². The molecule has 7 atom stereocenters. The van der Waals surface area contributed by atoms with Gasteiger partial charge < -0.3 is 30.9 Å². The lowest BCUT2D eigenvalue weighted by atomic mass is 9.92. The van der Waals surface area contributed by atoms with Crippen LogP contribution in [0.2, 0.25) is 0 Å². The Hall–Kier alpha value is -1.88. The highest BCUT2D eigenvalue weighted by molar-refractivity contribution is 8.00. The van der Waals surface area contributed by atoms with Crippen LogP contribution >= 0.6 is 11.8 Å². The third-order valence-electron chi connectivity index (χ3n) is 7.91. The van der Waals surface area contributed by atoms with E-state index in [4.69, 9.17) is 4.74 Å². The SMILES string of the molecule is CC(O)(/C=C/C1=CC(=O)[C@@H]2O[C@@H]2[C@H]1O)CCCCCCCCNC(=O)CCCC[C@@H]1SC[C@@H]2NC(=O)N[C@@H]21. The molecule has 10 heteroatoms. The smallest absolute Gasteiger partial charge is 0.315 e. The van der Waals surface area contributed by atoms with Crippen LogP contribution in [0.15, 0.2) is 23.8 Å². The molecule has 0 aromatic rings. The molecule has 212 valence electrons. The molecule has 1 unspecified atom stereocenters. The zero-order valence-corrected chi connectivity index (χ0v) is 23.1. The van der Waals surface area contributed by atoms with Crippen molar-refractivity contribution in [3.05, 3.63) is 23.8 Å². The van der Waals surface area contributed by atoms with E-state index in [2.05, 4.69) is 16.0 Å². The van der Waals surface area contributed by atoms with Gasteiger partial charge in [-0.15, -0.1) is 0 Å². The molecule has 5 N–H and O–H groups in total. The number of ketones is 1. The first-order valence-electron chi connectivity index (χ1n) is 14.2. The van der Waals surface area contributed by atoms with Crippen molar-refractivity contribution in [2.45, 2.75) is 119 Å². The minimum atomic E-state index is -0.989. The zero-order valence-electron chi connectivity index (χ0n) is 22.3. The van der Waals surface area contributed by atoms with Gasteiger partial charge in [-0.2, -0.15) is 11.8 Å². The molecule has 0 radical (unpaired) electrons. The summed E-state index contributed by atoms with van der Waals surface area (Å²) in [6.45, 7) is 2.46. The number of rotatable bonds is 16. The first kappa shape index (κ1) is 29.1. The average Bonchev–Trinajstić information content (AvgIpc) is 3.50. The van der Waals surface area contributed by atoms with E-state index >= 15 is 0 Å². The minimum Gasteiger partial charge on any atom is -0.386 e. The normalized spacial score (nSPS) is 31.3. The van der Waals surface area contributed by atoms with Crippen molar-refractivity contribution in [3.8, 4) is 0 Å². The van der Waals surface area contributed by atoms with E-state index in [9.17, 15) is 24.6 Å². The third-order valence-corrected chi connectivity index (χ3v) is 9.42. The van der Waals surface area contributed by atoms with E-state index in [0.29, 0.717) is 23.7 Å². The lowest BCUT2D eigenvalue weighted by Gasteiger charge is -2.20. The standard InChI is InChI=1S/C28H43N3O6S/c1-28(36,14-12-18-16-20(32)25-26(37-25)24(18)34)13-8-4-2-3-5-9-15-29-22(33)11-7-6-10-21-23-19(17-38-21)30-27(35)31-23/h12,14,16,19,21,23-26,34,36H,2-11,13,15,17H2,1H3,(H,29,33)(H2,30,31,35)/b14-12+/t19-,21-,23-,24-,25-,26+,28?/m0/s1. The quantitative estimate of drug-likeness (QED) is 0.113. The van der Waals surface area contributed by atoms with E-state index in [0.717, 1.165) is 70.1 Å². The van der Waals surface area contributed by atoms with Gasteiger partial charge in [0.1, 0.15) is 18.3 Å². The van der Waals surface area contributed by atoms with Gasteiger partial charge in [0, 0.05) is 24.0 Å². The van der Waals surface area contributed by atoms with Crippen molar-refractivity contribution < 1.29 is 29.3 Å². The highest BCUT2D eigenvalue weighted by atomic mass is 32.2. The second-order valence-corrected chi connectivity index (χ2v) is 12.6. The number of fused-ring (bicyclic) bond motifs is 2. The summed E-state index contributed by atoms with van der Waals surface area (Å²) in [6, 6.07) is 0.441. The second-order valence-electron chi connectivity index (χ2n) is 11.3. The maximum absolute atomic E-state index is 12.1. The van der Waals surface area contributed by atoms with Gasteiger partial charge in [0.25, 0.3) is 0 Å². The third kappa shape index (κ3) is 8.31. The number of carbonyl (C=O) groups is 3. The monoisotopic (exact) mass is 549 g/mol. The molecule has 3 amide bonds. The zero-order chi connectivity index (χ0) is 27.1. The molecule has 0 spiro atoms. The molecule has 4 aliphatic rings. The summed E-state index contributed by atoms with van der Waals surface area (Å²) < 4.78 is 5.17. The maximum Gasteiger partial charge on any atom is 0.315 e. The number of unbranched alkanes of at least 4 members (excludes halogenated alkanes) is 6. The van der Waals surface area contributed by atoms with Crippen LogP contribution in [-0.4, -0.2) is 81.5 Å². The van der Waals surface area contributed by atoms with Crippen molar-refractivity contribution >= 4 is 29.5 Å². The van der Waals surface area contributed by atoms with E-state index in [1.165, 1.54) is 6.08 Å². The van der Waals surface area contributed by atoms with E-state index < -0.39 is 23.9 Å². The van der Waals surface area contributed by atoms with Gasteiger partial charge in [-0.25, -0.2) is 4.79 Å². The average molecular weight is 550 g/mol. The molecule has 3 heterocycles. The van der Waals surface area contributed by atoms with Crippen molar-refractivity contribution in [3.63, 3.8) is 0 Å². The molecule has 3 fully saturated rings. The van der Waals surface area contributed by atoms with Gasteiger partial charge in [0.2, 0.25) is 5.91 Å². The number of epoxide rings is 1. The van der Waals surface area contributed by atoms with Crippen LogP contribution in [0, 0.1) is 0 Å². The van der Waals surface area contributed by atoms with Crippen LogP contribution in [0.1, 0.15) is 77.6 Å². The van der Waals surface area contributed by atoms with E-state index in [-0.39, 0.29) is 29.8 Å². The summed E-state index contributed by atoms with van der Waals surface area (Å²) in [4.78, 5) is 35.3. The van der Waals surface area contributed by atoms with Gasteiger partial charge in [-0.3, -0.25) is 9.59 Å². The lowest BCUT2D eigenvalue weighted by Crippen LogP contribution is -2.36. The van der Waals surface area contributed by atoms with Crippen LogP contribution in [0.5, 0.6) is 0 Å². The van der Waals surface area contributed by atoms with Crippen LogP contribution in [-0.2, 0) is 14.3 Å². The van der Waals surface area contributed by atoms with Gasteiger partial charge in [0.05, 0.1) is 17.7 Å². The number of hydrogen-bond acceptors (Lipinski definition) is 7. The Balaban J connectivity index is 0.954. The largest absolute Gasteiger partial charge is 0.386 e. The van der Waals surface area contributed by atoms with Crippen molar-refractivity contribution in [2.75, 3.05) is 12.3 Å². The first-order chi connectivity index (χ1) is 18.2. The number of ether oxygens (including phenoxy) is 1. The van der Waals surface area contributed by atoms with Gasteiger partial charge in [0.15, 0.2) is 5.78 Å². The molecule has 4 rings (SSSR count). The fourth-order valence-electron chi connectivity index (χ4n) is 5.53. The van der Waals surface area contributed by atoms with Crippen molar-refractivity contribution in [1.29, 1.82) is 0 Å². The molecule has 3 saturated heterocycles. The molecule has 0 aromatic carbocycles. The van der Waals surface area contributed by atoms with Crippen LogP contribution < -0.4 is 16.0 Å². The number of aliphatic hydroxyl groups is 2. The molecule has 3 aliphatic heterocycles. The summed E-state index contributed by atoms with van der Waals surface area (Å²) in [5.41, 5.74) is -0.489. The van der Waals surface area contributed by atoms with Crippen LogP contribution in [0.4, 0.5) is 4.79 Å². The van der Waals surface area contributed by atoms with Crippen molar-refractivity contribution in [1.82, 2.24) is 16.0 Å². The molecule has 1 aliphatic carbocycles. The molecular formula is C28H43N3O6S. The number of nitrogens with one attached hydrogen (secondary N) is 3. The predicted octanol–water partition coefficient (Wildman–Crippen LogP) is 2.50. The summed E-state index contributed by atoms with van der Waals surface area (Å²) in [5, 5.41) is 30.2. The van der Waals surface area contributed by atoms with Crippen LogP contribution in [0.25, 0.3) is 0 Å². The predicted molar refractivity (Wildman–Crippen MR) is 147 cm³/mol. The second kappa shape index (κ2) is 13.5. The summed E-state index contributed by atoms with van der Waals surface area (Å²) in [6.07, 6.45) is 13.2. The van der Waals surface area contributed by atoms with Crippen molar-refractivity contribution in [2.24, 2.45) is 0 Å². The highest BCUT2D eigenvalue weighted by Gasteiger charge is 2.52. The van der Waals surface area contributed by atoms with E-state index in [1.54, 1.807) is 19.1 Å². The fourth-order valence-corrected chi connectivity index (χ4v) is 7.07. The highest BCUT2D eigenvalue weighted by Crippen LogP contribution is 2.35. The fraction of sp³-hybridized carbons (Fsp3) is 0.750. The number of aliphatic hydroxyl groups excluding tert-OH is 1. The molecule has 0 saturated carbocycles. The maximum atomic E-state index is 12.1. The number of hydrogen-bond donors (Lipinski definition) is 5. The first-order valence-corrected chi connectivity index (χ1v) is 15.2. The number of urea groups is 1. The Morgan fingerprint density at radius 2 is 1.92 bits per heavy atom. The molecule has 9 nitrogen and oxygen atoms in total. The molecule has 0 bridgehead atoms. The Bertz CT molecular complexity index is 922. The summed E-state index contributed by atoms with van der Waals surface area (Å²) >= 11 is 1.91. The Morgan fingerprint density at radius 3 is 2.74 bits per heavy atom. The number of carbonyl (C=O) groups excluding carboxylic acids is 3. The minimum absolute atomic E-state index is 0.0522. The van der Waals surface area contributed by atoms with Gasteiger partial charge in [-0.05, 0) is 44.3 Å². The Morgan fingerprint density at radius 1 is 1.16 bits per heavy atom. The lowest BCUT2D eigenvalue weighted by molar-refractivity contribution is -0.121. The summed E-state index contributed by atoms with van der Waals surface area (Å²) in [7, 11) is 0. The topological polar surface area (TPSA) is 140 Å². The Labute approximate surface area is 229 Å². The van der Waals surface area contributed by atoms with Gasteiger partial charge >= 0.3 is 6.03 Å². The number of amides is 3. The Kier molecular flexibility index (Phi) is 10.3. The molecule has 0 aromatic heterocycles. The van der Waals surface area contributed by atoms with Crippen LogP contribution in [0.3, 0.4) is 0 Å².